The Balaban J connectivity index is 2.51. The highest BCUT2D eigenvalue weighted by molar-refractivity contribution is 7.93. The first kappa shape index (κ1) is 14.8. The van der Waals surface area contributed by atoms with Crippen LogP contribution >= 0.6 is 0 Å². The van der Waals surface area contributed by atoms with Crippen molar-refractivity contribution in [1.82, 2.24) is 0 Å². The van der Waals surface area contributed by atoms with Crippen molar-refractivity contribution in [3.63, 3.8) is 0 Å². The maximum atomic E-state index is 13.1. The minimum Gasteiger partial charge on any atom is -0.398 e. The van der Waals surface area contributed by atoms with Crippen LogP contribution < -0.4 is 10.5 Å². The average molecular weight is 305 g/mol. The molecule has 21 heavy (non-hydrogen) atoms. The Morgan fingerprint density at radius 2 is 2.00 bits per heavy atom. The van der Waals surface area contributed by atoms with Crippen LogP contribution in [0.25, 0.3) is 0 Å². The molecule has 0 saturated carbocycles. The third-order valence-electron chi connectivity index (χ3n) is 2.86. The summed E-state index contributed by atoms with van der Waals surface area (Å²) in [6, 6.07) is 9.69. The van der Waals surface area contributed by atoms with E-state index in [1.54, 1.807) is 25.1 Å². The van der Waals surface area contributed by atoms with E-state index in [0.29, 0.717) is 5.56 Å². The van der Waals surface area contributed by atoms with Crippen molar-refractivity contribution in [2.24, 2.45) is 0 Å². The van der Waals surface area contributed by atoms with Gasteiger partial charge in [-0.15, -0.1) is 0 Å². The van der Waals surface area contributed by atoms with Gasteiger partial charge in [0.1, 0.15) is 16.8 Å². The topological polar surface area (TPSA) is 96.0 Å². The lowest BCUT2D eigenvalue weighted by Gasteiger charge is -2.13. The van der Waals surface area contributed by atoms with Gasteiger partial charge in [-0.1, -0.05) is 12.1 Å². The number of benzene rings is 2. The molecule has 0 fully saturated rings. The molecule has 0 heterocycles. The Morgan fingerprint density at radius 1 is 1.29 bits per heavy atom. The third kappa shape index (κ3) is 2.95. The van der Waals surface area contributed by atoms with Crippen molar-refractivity contribution in [2.45, 2.75) is 11.8 Å². The number of halogens is 1. The number of hydrogen-bond donors (Lipinski definition) is 2. The highest BCUT2D eigenvalue weighted by Gasteiger charge is 2.21. The van der Waals surface area contributed by atoms with Crippen molar-refractivity contribution >= 4 is 21.4 Å². The molecule has 0 radical (unpaired) electrons. The van der Waals surface area contributed by atoms with E-state index < -0.39 is 15.8 Å². The summed E-state index contributed by atoms with van der Waals surface area (Å²) in [5.41, 5.74) is 6.18. The van der Waals surface area contributed by atoms with E-state index in [-0.39, 0.29) is 21.8 Å². The van der Waals surface area contributed by atoms with Gasteiger partial charge in [0.2, 0.25) is 0 Å². The van der Waals surface area contributed by atoms with E-state index in [1.807, 2.05) is 0 Å². The zero-order chi connectivity index (χ0) is 15.6. The van der Waals surface area contributed by atoms with Gasteiger partial charge in [0.15, 0.2) is 0 Å². The Labute approximate surface area is 121 Å². The number of anilines is 2. The summed E-state index contributed by atoms with van der Waals surface area (Å²) in [7, 11) is -3.97. The fraction of sp³-hybridized carbons (Fsp3) is 0.0714. The van der Waals surface area contributed by atoms with Gasteiger partial charge in [-0.3, -0.25) is 4.72 Å². The van der Waals surface area contributed by atoms with Crippen molar-refractivity contribution in [3.8, 4) is 6.07 Å². The molecule has 0 aliphatic rings. The Kier molecular flexibility index (Phi) is 3.82. The number of nitrogens with zero attached hydrogens (tertiary/aromatic N) is 1. The van der Waals surface area contributed by atoms with Gasteiger partial charge in [-0.05, 0) is 36.8 Å². The number of nitriles is 1. The molecule has 2 aromatic carbocycles. The maximum absolute atomic E-state index is 13.1. The number of nitrogen functional groups attached to an aromatic ring is 1. The Hall–Kier alpha value is -2.59. The number of aryl methyl sites for hydroxylation is 1. The van der Waals surface area contributed by atoms with Crippen LogP contribution in [0, 0.1) is 24.1 Å². The summed E-state index contributed by atoms with van der Waals surface area (Å²) in [5.74, 6) is -0.620. The largest absolute Gasteiger partial charge is 0.398 e. The lowest BCUT2D eigenvalue weighted by molar-refractivity contribution is 0.600. The Morgan fingerprint density at radius 3 is 2.62 bits per heavy atom. The molecule has 3 N–H and O–H groups in total. The summed E-state index contributed by atoms with van der Waals surface area (Å²) < 4.78 is 40.1. The zero-order valence-electron chi connectivity index (χ0n) is 11.1. The van der Waals surface area contributed by atoms with E-state index in [0.717, 1.165) is 12.1 Å². The fourth-order valence-corrected chi connectivity index (χ4v) is 3.38. The molecular formula is C14H12FN3O2S. The quantitative estimate of drug-likeness (QED) is 0.851. The first-order valence-electron chi connectivity index (χ1n) is 5.92. The molecule has 2 rings (SSSR count). The molecule has 0 spiro atoms. The van der Waals surface area contributed by atoms with Crippen LogP contribution in [0.4, 0.5) is 15.8 Å². The zero-order valence-corrected chi connectivity index (χ0v) is 11.9. The number of nitrogens with one attached hydrogen (secondary N) is 1. The molecule has 0 bridgehead atoms. The number of nitrogens with two attached hydrogens (primary N) is 1. The Bertz CT molecular complexity index is 822. The van der Waals surface area contributed by atoms with Gasteiger partial charge >= 0.3 is 0 Å². The van der Waals surface area contributed by atoms with Crippen molar-refractivity contribution < 1.29 is 12.8 Å². The summed E-state index contributed by atoms with van der Waals surface area (Å²) in [4.78, 5) is -0.0572. The van der Waals surface area contributed by atoms with Gasteiger partial charge < -0.3 is 5.73 Å². The van der Waals surface area contributed by atoms with Crippen molar-refractivity contribution in [1.29, 1.82) is 5.26 Å². The first-order chi connectivity index (χ1) is 9.85. The second-order valence-electron chi connectivity index (χ2n) is 4.40. The summed E-state index contributed by atoms with van der Waals surface area (Å²) in [5, 5.41) is 8.94. The number of hydrogen-bond acceptors (Lipinski definition) is 4. The molecule has 5 nitrogen and oxygen atoms in total. The predicted octanol–water partition coefficient (Wildman–Crippen LogP) is 2.39. The minimum atomic E-state index is -3.97. The molecule has 0 unspecified atom stereocenters. The molecule has 0 atom stereocenters. The number of sulfonamides is 1. The van der Waals surface area contributed by atoms with Gasteiger partial charge in [0.25, 0.3) is 10.0 Å². The van der Waals surface area contributed by atoms with Crippen LogP contribution in [0.3, 0.4) is 0 Å². The highest BCUT2D eigenvalue weighted by atomic mass is 32.2. The van der Waals surface area contributed by atoms with Crippen LogP contribution in [0.15, 0.2) is 41.3 Å². The summed E-state index contributed by atoms with van der Waals surface area (Å²) in [6.07, 6.45) is 0. The standard InChI is InChI=1S/C14H12FN3O2S/c1-9-3-2-4-12(17)14(9)21(19,20)18-13-6-5-11(15)7-10(13)8-16/h2-7,18H,17H2,1H3. The number of rotatable bonds is 3. The van der Waals surface area contributed by atoms with Crippen LogP contribution in [-0.4, -0.2) is 8.42 Å². The first-order valence-corrected chi connectivity index (χ1v) is 7.41. The van der Waals surface area contributed by atoms with E-state index >= 15 is 0 Å². The molecule has 2 aromatic rings. The average Bonchev–Trinajstić information content (AvgIpc) is 2.40. The van der Waals surface area contributed by atoms with E-state index in [2.05, 4.69) is 4.72 Å². The van der Waals surface area contributed by atoms with Gasteiger partial charge in [0.05, 0.1) is 16.9 Å². The lowest BCUT2D eigenvalue weighted by Crippen LogP contribution is -2.17. The minimum absolute atomic E-state index is 0.00144. The van der Waals surface area contributed by atoms with Crippen LogP contribution in [0.5, 0.6) is 0 Å². The lowest BCUT2D eigenvalue weighted by atomic mass is 10.2. The van der Waals surface area contributed by atoms with Crippen LogP contribution in [0.1, 0.15) is 11.1 Å². The molecule has 0 saturated heterocycles. The van der Waals surface area contributed by atoms with Crippen molar-refractivity contribution in [3.05, 3.63) is 53.3 Å². The summed E-state index contributed by atoms with van der Waals surface area (Å²) >= 11 is 0. The SMILES string of the molecule is Cc1cccc(N)c1S(=O)(=O)Nc1ccc(F)cc1C#N. The highest BCUT2D eigenvalue weighted by Crippen LogP contribution is 2.26. The van der Waals surface area contributed by atoms with Crippen LogP contribution in [0.2, 0.25) is 0 Å². The molecule has 108 valence electrons. The normalized spacial score (nSPS) is 10.9. The van der Waals surface area contributed by atoms with E-state index in [9.17, 15) is 12.8 Å². The smallest absolute Gasteiger partial charge is 0.264 e. The molecule has 0 aliphatic heterocycles. The molecular weight excluding hydrogens is 293 g/mol. The van der Waals surface area contributed by atoms with Crippen LogP contribution in [-0.2, 0) is 10.0 Å². The third-order valence-corrected chi connectivity index (χ3v) is 4.44. The second-order valence-corrected chi connectivity index (χ2v) is 6.02. The monoisotopic (exact) mass is 305 g/mol. The summed E-state index contributed by atoms with van der Waals surface area (Å²) in [6.45, 7) is 1.61. The second kappa shape index (κ2) is 5.42. The molecule has 7 heteroatoms. The fourth-order valence-electron chi connectivity index (χ4n) is 1.94. The molecule has 0 aromatic heterocycles. The molecule has 0 amide bonds. The maximum Gasteiger partial charge on any atom is 0.264 e. The van der Waals surface area contributed by atoms with Gasteiger partial charge in [-0.2, -0.15) is 5.26 Å². The predicted molar refractivity (Wildman–Crippen MR) is 77.5 cm³/mol. The van der Waals surface area contributed by atoms with Gasteiger partial charge in [0, 0.05) is 0 Å². The van der Waals surface area contributed by atoms with E-state index in [4.69, 9.17) is 11.0 Å². The van der Waals surface area contributed by atoms with Crippen molar-refractivity contribution in [2.75, 3.05) is 10.5 Å². The van der Waals surface area contributed by atoms with Gasteiger partial charge in [-0.25, -0.2) is 12.8 Å². The van der Waals surface area contributed by atoms with E-state index in [1.165, 1.54) is 12.1 Å². The molecule has 0 aliphatic carbocycles.